The summed E-state index contributed by atoms with van der Waals surface area (Å²) < 4.78 is 14.0. The van der Waals surface area contributed by atoms with Gasteiger partial charge in [0.05, 0.1) is 0 Å². The maximum Gasteiger partial charge on any atom is 0.217 e. The van der Waals surface area contributed by atoms with Gasteiger partial charge in [0.2, 0.25) is 5.95 Å². The molecule has 0 spiro atoms. The Bertz CT molecular complexity index is 377. The summed E-state index contributed by atoms with van der Waals surface area (Å²) in [5, 5.41) is 3.35. The number of piperazine rings is 1. The maximum absolute atomic E-state index is 14.0. The van der Waals surface area contributed by atoms with Gasteiger partial charge >= 0.3 is 0 Å². The molecule has 106 valence electrons. The van der Waals surface area contributed by atoms with Crippen molar-refractivity contribution in [3.05, 3.63) is 29.8 Å². The number of hydrogen-bond acceptors (Lipinski definition) is 3. The molecule has 0 bridgehead atoms. The standard InChI is InChI=1S/C15H24FN3/c1-2-3-4-7-14(19-11-9-17-10-12-19)13-6-5-8-18-15(13)16/h5-6,8,14,17H,2-4,7,9-12H2,1H3/t14-/m1/s1. The van der Waals surface area contributed by atoms with Crippen molar-refractivity contribution in [3.63, 3.8) is 0 Å². The van der Waals surface area contributed by atoms with Crippen LogP contribution in [0, 0.1) is 5.95 Å². The summed E-state index contributed by atoms with van der Waals surface area (Å²) >= 11 is 0. The topological polar surface area (TPSA) is 28.2 Å². The van der Waals surface area contributed by atoms with Gasteiger partial charge in [0.25, 0.3) is 0 Å². The third kappa shape index (κ3) is 3.98. The van der Waals surface area contributed by atoms with Gasteiger partial charge in [-0.15, -0.1) is 0 Å². The van der Waals surface area contributed by atoms with E-state index >= 15 is 0 Å². The average Bonchev–Trinajstić information content (AvgIpc) is 2.46. The minimum absolute atomic E-state index is 0.183. The van der Waals surface area contributed by atoms with Crippen LogP contribution in [-0.2, 0) is 0 Å². The minimum Gasteiger partial charge on any atom is -0.314 e. The molecule has 0 aromatic carbocycles. The van der Waals surface area contributed by atoms with Gasteiger partial charge in [-0.3, -0.25) is 4.90 Å². The second kappa shape index (κ2) is 7.56. The molecular formula is C15H24FN3. The summed E-state index contributed by atoms with van der Waals surface area (Å²) in [6.45, 7) is 6.17. The normalized spacial score (nSPS) is 18.4. The van der Waals surface area contributed by atoms with Crippen molar-refractivity contribution in [1.82, 2.24) is 15.2 Å². The average molecular weight is 265 g/mol. The SMILES string of the molecule is CCCCC[C@H](c1cccnc1F)N1CCNCC1. The molecule has 1 aromatic rings. The van der Waals surface area contributed by atoms with Crippen LogP contribution in [0.4, 0.5) is 4.39 Å². The number of unbranched alkanes of at least 4 members (excludes halogenated alkanes) is 2. The molecule has 1 atom stereocenters. The Hall–Kier alpha value is -1.00. The van der Waals surface area contributed by atoms with Crippen LogP contribution in [0.5, 0.6) is 0 Å². The highest BCUT2D eigenvalue weighted by Crippen LogP contribution is 2.28. The molecule has 0 radical (unpaired) electrons. The highest BCUT2D eigenvalue weighted by atomic mass is 19.1. The molecule has 19 heavy (non-hydrogen) atoms. The van der Waals surface area contributed by atoms with Crippen LogP contribution < -0.4 is 5.32 Å². The van der Waals surface area contributed by atoms with Gasteiger partial charge in [-0.25, -0.2) is 4.98 Å². The van der Waals surface area contributed by atoms with Gasteiger partial charge in [-0.1, -0.05) is 32.3 Å². The van der Waals surface area contributed by atoms with Crippen LogP contribution in [0.15, 0.2) is 18.3 Å². The summed E-state index contributed by atoms with van der Waals surface area (Å²) in [6, 6.07) is 3.91. The van der Waals surface area contributed by atoms with E-state index in [0.29, 0.717) is 0 Å². The largest absolute Gasteiger partial charge is 0.314 e. The van der Waals surface area contributed by atoms with Crippen molar-refractivity contribution in [3.8, 4) is 0 Å². The van der Waals surface area contributed by atoms with Crippen molar-refractivity contribution in [2.45, 2.75) is 38.6 Å². The third-order valence-corrected chi connectivity index (χ3v) is 3.82. The Balaban J connectivity index is 2.10. The Morgan fingerprint density at radius 1 is 1.37 bits per heavy atom. The number of rotatable bonds is 6. The summed E-state index contributed by atoms with van der Waals surface area (Å²) in [4.78, 5) is 6.21. The van der Waals surface area contributed by atoms with Gasteiger partial charge in [-0.05, 0) is 12.5 Å². The van der Waals surface area contributed by atoms with Crippen LogP contribution in [0.1, 0.15) is 44.2 Å². The van der Waals surface area contributed by atoms with Gasteiger partial charge in [-0.2, -0.15) is 4.39 Å². The van der Waals surface area contributed by atoms with E-state index in [0.717, 1.165) is 44.6 Å². The molecule has 2 rings (SSSR count). The van der Waals surface area contributed by atoms with E-state index in [2.05, 4.69) is 22.1 Å². The zero-order valence-corrected chi connectivity index (χ0v) is 11.7. The van der Waals surface area contributed by atoms with Crippen molar-refractivity contribution < 1.29 is 4.39 Å². The lowest BCUT2D eigenvalue weighted by molar-refractivity contribution is 0.159. The van der Waals surface area contributed by atoms with E-state index in [1.165, 1.54) is 19.0 Å². The number of nitrogens with zero attached hydrogens (tertiary/aromatic N) is 2. The lowest BCUT2D eigenvalue weighted by Crippen LogP contribution is -2.45. The van der Waals surface area contributed by atoms with E-state index in [9.17, 15) is 4.39 Å². The predicted octanol–water partition coefficient (Wildman–Crippen LogP) is 2.75. The molecule has 0 saturated carbocycles. The second-order valence-electron chi connectivity index (χ2n) is 5.18. The van der Waals surface area contributed by atoms with E-state index in [1.807, 2.05) is 12.1 Å². The molecule has 1 saturated heterocycles. The monoisotopic (exact) mass is 265 g/mol. The lowest BCUT2D eigenvalue weighted by Gasteiger charge is -2.35. The fraction of sp³-hybridized carbons (Fsp3) is 0.667. The van der Waals surface area contributed by atoms with Crippen molar-refractivity contribution in [2.75, 3.05) is 26.2 Å². The van der Waals surface area contributed by atoms with E-state index in [-0.39, 0.29) is 12.0 Å². The van der Waals surface area contributed by atoms with Crippen molar-refractivity contribution >= 4 is 0 Å². The van der Waals surface area contributed by atoms with Crippen LogP contribution >= 0.6 is 0 Å². The molecule has 1 fully saturated rings. The first-order chi connectivity index (χ1) is 9.33. The molecule has 4 heteroatoms. The molecule has 2 heterocycles. The van der Waals surface area contributed by atoms with E-state index in [1.54, 1.807) is 0 Å². The third-order valence-electron chi connectivity index (χ3n) is 3.82. The maximum atomic E-state index is 14.0. The zero-order chi connectivity index (χ0) is 13.5. The zero-order valence-electron chi connectivity index (χ0n) is 11.7. The van der Waals surface area contributed by atoms with Gasteiger partial charge < -0.3 is 5.32 Å². The molecular weight excluding hydrogens is 241 g/mol. The second-order valence-corrected chi connectivity index (χ2v) is 5.18. The molecule has 1 aliphatic rings. The van der Waals surface area contributed by atoms with Gasteiger partial charge in [0.15, 0.2) is 0 Å². The fourth-order valence-electron chi connectivity index (χ4n) is 2.76. The first kappa shape index (κ1) is 14.4. The Morgan fingerprint density at radius 3 is 2.84 bits per heavy atom. The first-order valence-electron chi connectivity index (χ1n) is 7.38. The van der Waals surface area contributed by atoms with E-state index < -0.39 is 0 Å². The molecule has 1 aliphatic heterocycles. The van der Waals surface area contributed by atoms with Gasteiger partial charge in [0, 0.05) is 44.0 Å². The number of halogens is 1. The summed E-state index contributed by atoms with van der Waals surface area (Å²) in [5.41, 5.74) is 0.764. The van der Waals surface area contributed by atoms with Crippen molar-refractivity contribution in [2.24, 2.45) is 0 Å². The van der Waals surface area contributed by atoms with Crippen LogP contribution in [0.2, 0.25) is 0 Å². The van der Waals surface area contributed by atoms with Crippen LogP contribution in [0.3, 0.4) is 0 Å². The Labute approximate surface area is 115 Å². The number of pyridine rings is 1. The molecule has 0 amide bonds. The summed E-state index contributed by atoms with van der Waals surface area (Å²) in [5.74, 6) is -0.303. The number of hydrogen-bond donors (Lipinski definition) is 1. The summed E-state index contributed by atoms with van der Waals surface area (Å²) in [6.07, 6.45) is 6.11. The quantitative estimate of drug-likeness (QED) is 0.633. The molecule has 3 nitrogen and oxygen atoms in total. The van der Waals surface area contributed by atoms with Gasteiger partial charge in [0.1, 0.15) is 0 Å². The highest BCUT2D eigenvalue weighted by Gasteiger charge is 2.24. The Kier molecular flexibility index (Phi) is 5.73. The van der Waals surface area contributed by atoms with Crippen LogP contribution in [-0.4, -0.2) is 36.1 Å². The molecule has 0 aliphatic carbocycles. The Morgan fingerprint density at radius 2 is 2.16 bits per heavy atom. The fourth-order valence-corrected chi connectivity index (χ4v) is 2.76. The molecule has 1 aromatic heterocycles. The van der Waals surface area contributed by atoms with Crippen molar-refractivity contribution in [1.29, 1.82) is 0 Å². The minimum atomic E-state index is -0.303. The smallest absolute Gasteiger partial charge is 0.217 e. The summed E-state index contributed by atoms with van der Waals surface area (Å²) in [7, 11) is 0. The number of nitrogens with one attached hydrogen (secondary N) is 1. The highest BCUT2D eigenvalue weighted by molar-refractivity contribution is 5.16. The first-order valence-corrected chi connectivity index (χ1v) is 7.38. The van der Waals surface area contributed by atoms with E-state index in [4.69, 9.17) is 0 Å². The molecule has 0 unspecified atom stereocenters. The molecule has 1 N–H and O–H groups in total. The van der Waals surface area contributed by atoms with Crippen LogP contribution in [0.25, 0.3) is 0 Å². The predicted molar refractivity (Wildman–Crippen MR) is 75.5 cm³/mol. The number of aromatic nitrogens is 1. The lowest BCUT2D eigenvalue weighted by atomic mass is 9.99.